The SMILES string of the molecule is CCC1=C(C)OCC=C1OC. The van der Waals surface area contributed by atoms with Gasteiger partial charge in [0, 0.05) is 5.57 Å². The lowest BCUT2D eigenvalue weighted by Gasteiger charge is -2.18. The van der Waals surface area contributed by atoms with Crippen LogP contribution in [-0.4, -0.2) is 13.7 Å². The quantitative estimate of drug-likeness (QED) is 0.607. The molecule has 11 heavy (non-hydrogen) atoms. The summed E-state index contributed by atoms with van der Waals surface area (Å²) >= 11 is 0. The van der Waals surface area contributed by atoms with Crippen molar-refractivity contribution in [2.24, 2.45) is 0 Å². The van der Waals surface area contributed by atoms with E-state index in [9.17, 15) is 0 Å². The summed E-state index contributed by atoms with van der Waals surface area (Å²) < 4.78 is 10.5. The third-order valence-electron chi connectivity index (χ3n) is 1.86. The Morgan fingerprint density at radius 2 is 2.36 bits per heavy atom. The maximum Gasteiger partial charge on any atom is 0.124 e. The highest BCUT2D eigenvalue weighted by atomic mass is 16.5. The number of rotatable bonds is 2. The van der Waals surface area contributed by atoms with E-state index in [0.717, 1.165) is 17.9 Å². The van der Waals surface area contributed by atoms with Crippen molar-refractivity contribution in [1.29, 1.82) is 0 Å². The Morgan fingerprint density at radius 3 is 2.82 bits per heavy atom. The van der Waals surface area contributed by atoms with Crippen molar-refractivity contribution in [3.8, 4) is 0 Å². The molecule has 2 heteroatoms. The highest BCUT2D eigenvalue weighted by Crippen LogP contribution is 2.23. The number of hydrogen-bond acceptors (Lipinski definition) is 2. The van der Waals surface area contributed by atoms with Gasteiger partial charge in [-0.2, -0.15) is 0 Å². The van der Waals surface area contributed by atoms with Crippen LogP contribution in [0.3, 0.4) is 0 Å². The minimum atomic E-state index is 0.637. The van der Waals surface area contributed by atoms with Gasteiger partial charge in [0.2, 0.25) is 0 Å². The summed E-state index contributed by atoms with van der Waals surface area (Å²) in [5.74, 6) is 1.96. The zero-order chi connectivity index (χ0) is 8.27. The maximum atomic E-state index is 5.34. The molecule has 2 nitrogen and oxygen atoms in total. The van der Waals surface area contributed by atoms with Crippen LogP contribution in [0.1, 0.15) is 20.3 Å². The van der Waals surface area contributed by atoms with Gasteiger partial charge < -0.3 is 9.47 Å². The minimum Gasteiger partial charge on any atom is -0.497 e. The molecule has 0 amide bonds. The molecule has 1 heterocycles. The molecule has 0 aromatic carbocycles. The summed E-state index contributed by atoms with van der Waals surface area (Å²) in [6, 6.07) is 0. The van der Waals surface area contributed by atoms with Crippen LogP contribution in [0.2, 0.25) is 0 Å². The molecule has 0 N–H and O–H groups in total. The molecule has 0 saturated carbocycles. The Labute approximate surface area is 67.5 Å². The lowest BCUT2D eigenvalue weighted by atomic mass is 10.1. The number of methoxy groups -OCH3 is 1. The average molecular weight is 154 g/mol. The predicted octanol–water partition coefficient (Wildman–Crippen LogP) is 2.23. The molecular formula is C9H14O2. The molecule has 1 aliphatic rings. The van der Waals surface area contributed by atoms with Crippen molar-refractivity contribution < 1.29 is 9.47 Å². The van der Waals surface area contributed by atoms with Crippen LogP contribution < -0.4 is 0 Å². The van der Waals surface area contributed by atoms with Gasteiger partial charge in [0.15, 0.2) is 0 Å². The molecule has 0 saturated heterocycles. The van der Waals surface area contributed by atoms with Crippen molar-refractivity contribution in [2.45, 2.75) is 20.3 Å². The third-order valence-corrected chi connectivity index (χ3v) is 1.86. The third kappa shape index (κ3) is 1.56. The van der Waals surface area contributed by atoms with Gasteiger partial charge in [-0.25, -0.2) is 0 Å². The molecule has 0 atom stereocenters. The number of allylic oxidation sites excluding steroid dienone is 2. The zero-order valence-corrected chi connectivity index (χ0v) is 7.31. The van der Waals surface area contributed by atoms with E-state index in [-0.39, 0.29) is 0 Å². The standard InChI is InChI=1S/C9H14O2/c1-4-8-7(2)11-6-5-9(8)10-3/h5H,4,6H2,1-3H3. The highest BCUT2D eigenvalue weighted by Gasteiger charge is 2.12. The Kier molecular flexibility index (Phi) is 2.58. The number of hydrogen-bond donors (Lipinski definition) is 0. The molecule has 0 fully saturated rings. The summed E-state index contributed by atoms with van der Waals surface area (Å²) in [7, 11) is 1.69. The second-order valence-corrected chi connectivity index (χ2v) is 2.47. The average Bonchev–Trinajstić information content (AvgIpc) is 2.04. The fraction of sp³-hybridized carbons (Fsp3) is 0.556. The van der Waals surface area contributed by atoms with Crippen LogP contribution in [0.4, 0.5) is 0 Å². The predicted molar refractivity (Wildman–Crippen MR) is 44.0 cm³/mol. The monoisotopic (exact) mass is 154 g/mol. The van der Waals surface area contributed by atoms with Gasteiger partial charge in [0.05, 0.1) is 7.11 Å². The van der Waals surface area contributed by atoms with Crippen molar-refractivity contribution in [3.63, 3.8) is 0 Å². The van der Waals surface area contributed by atoms with E-state index in [1.54, 1.807) is 7.11 Å². The van der Waals surface area contributed by atoms with Crippen LogP contribution in [0.5, 0.6) is 0 Å². The molecule has 0 aromatic heterocycles. The van der Waals surface area contributed by atoms with E-state index in [2.05, 4.69) is 6.92 Å². The van der Waals surface area contributed by atoms with Crippen LogP contribution in [-0.2, 0) is 9.47 Å². The molecule has 1 rings (SSSR count). The zero-order valence-electron chi connectivity index (χ0n) is 7.31. The first-order chi connectivity index (χ1) is 5.29. The summed E-state index contributed by atoms with van der Waals surface area (Å²) in [6.07, 6.45) is 2.93. The molecule has 0 aliphatic carbocycles. The summed E-state index contributed by atoms with van der Waals surface area (Å²) in [6.45, 7) is 4.71. The van der Waals surface area contributed by atoms with Crippen molar-refractivity contribution in [1.82, 2.24) is 0 Å². The van der Waals surface area contributed by atoms with Gasteiger partial charge in [0.1, 0.15) is 18.1 Å². The summed E-state index contributed by atoms with van der Waals surface area (Å²) in [5, 5.41) is 0. The normalized spacial score (nSPS) is 17.5. The van der Waals surface area contributed by atoms with Crippen LogP contribution in [0.25, 0.3) is 0 Å². The molecule has 0 bridgehead atoms. The van der Waals surface area contributed by atoms with E-state index in [4.69, 9.17) is 9.47 Å². The van der Waals surface area contributed by atoms with Crippen molar-refractivity contribution in [3.05, 3.63) is 23.2 Å². The van der Waals surface area contributed by atoms with Crippen LogP contribution in [0.15, 0.2) is 23.2 Å². The van der Waals surface area contributed by atoms with Crippen molar-refractivity contribution in [2.75, 3.05) is 13.7 Å². The topological polar surface area (TPSA) is 18.5 Å². The Balaban J connectivity index is 2.86. The van der Waals surface area contributed by atoms with E-state index in [1.165, 1.54) is 5.57 Å². The summed E-state index contributed by atoms with van der Waals surface area (Å²) in [5.41, 5.74) is 1.18. The minimum absolute atomic E-state index is 0.637. The summed E-state index contributed by atoms with van der Waals surface area (Å²) in [4.78, 5) is 0. The molecule has 1 aliphatic heterocycles. The Hall–Kier alpha value is -0.920. The Bertz CT molecular complexity index is 202. The van der Waals surface area contributed by atoms with Crippen molar-refractivity contribution >= 4 is 0 Å². The fourth-order valence-corrected chi connectivity index (χ4v) is 1.26. The Morgan fingerprint density at radius 1 is 1.64 bits per heavy atom. The van der Waals surface area contributed by atoms with Gasteiger partial charge in [-0.15, -0.1) is 0 Å². The van der Waals surface area contributed by atoms with Crippen LogP contribution >= 0.6 is 0 Å². The lowest BCUT2D eigenvalue weighted by Crippen LogP contribution is -2.05. The molecule has 0 unspecified atom stereocenters. The first-order valence-corrected chi connectivity index (χ1v) is 3.86. The molecule has 0 spiro atoms. The van der Waals surface area contributed by atoms with Gasteiger partial charge in [-0.05, 0) is 19.4 Å². The fourth-order valence-electron chi connectivity index (χ4n) is 1.26. The van der Waals surface area contributed by atoms with E-state index in [0.29, 0.717) is 6.61 Å². The second-order valence-electron chi connectivity index (χ2n) is 2.47. The van der Waals surface area contributed by atoms with Gasteiger partial charge in [0.25, 0.3) is 0 Å². The number of ether oxygens (including phenoxy) is 2. The van der Waals surface area contributed by atoms with E-state index < -0.39 is 0 Å². The van der Waals surface area contributed by atoms with E-state index in [1.807, 2.05) is 13.0 Å². The molecule has 0 aromatic rings. The lowest BCUT2D eigenvalue weighted by molar-refractivity contribution is 0.212. The van der Waals surface area contributed by atoms with Crippen LogP contribution in [0, 0.1) is 0 Å². The largest absolute Gasteiger partial charge is 0.497 e. The van der Waals surface area contributed by atoms with Gasteiger partial charge in [-0.1, -0.05) is 6.92 Å². The van der Waals surface area contributed by atoms with E-state index >= 15 is 0 Å². The molecular weight excluding hydrogens is 140 g/mol. The van der Waals surface area contributed by atoms with Gasteiger partial charge >= 0.3 is 0 Å². The second kappa shape index (κ2) is 3.46. The highest BCUT2D eigenvalue weighted by molar-refractivity contribution is 5.30. The van der Waals surface area contributed by atoms with Gasteiger partial charge in [-0.3, -0.25) is 0 Å². The first-order valence-electron chi connectivity index (χ1n) is 3.86. The molecule has 62 valence electrons. The smallest absolute Gasteiger partial charge is 0.124 e. The maximum absolute atomic E-state index is 5.34. The first kappa shape index (κ1) is 8.18. The molecule has 0 radical (unpaired) electrons.